The Kier molecular flexibility index (Phi) is 8.76. The van der Waals surface area contributed by atoms with Crippen LogP contribution in [0.15, 0.2) is 35.1 Å². The van der Waals surface area contributed by atoms with Crippen LogP contribution >= 0.6 is 0 Å². The quantitative estimate of drug-likeness (QED) is 0.368. The highest BCUT2D eigenvalue weighted by Crippen LogP contribution is 2.36. The van der Waals surface area contributed by atoms with E-state index in [1.54, 1.807) is 23.7 Å². The first-order valence-electron chi connectivity index (χ1n) is 14.4. The lowest BCUT2D eigenvalue weighted by molar-refractivity contribution is -0.167. The number of carbonyl (C=O) groups is 2. The number of rotatable bonds is 7. The molecule has 2 aromatic carbocycles. The molecular formula is C32H32F5N3O5. The van der Waals surface area contributed by atoms with Gasteiger partial charge in [-0.3, -0.25) is 9.59 Å². The number of hydrogen-bond donors (Lipinski definition) is 2. The van der Waals surface area contributed by atoms with Gasteiger partial charge in [0.1, 0.15) is 29.3 Å². The number of morpholine rings is 1. The van der Waals surface area contributed by atoms with Crippen LogP contribution in [0.1, 0.15) is 44.7 Å². The Balaban J connectivity index is 1.41. The van der Waals surface area contributed by atoms with Gasteiger partial charge in [-0.15, -0.1) is 0 Å². The summed E-state index contributed by atoms with van der Waals surface area (Å²) in [6.07, 6.45) is -2.87. The highest BCUT2D eigenvalue weighted by atomic mass is 19.4. The number of carboxylic acids is 1. The number of halogens is 5. The average Bonchev–Trinajstić information content (AvgIpc) is 3.46. The molecule has 2 N–H and O–H groups in total. The fourth-order valence-corrected chi connectivity index (χ4v) is 6.29. The smallest absolute Gasteiger partial charge is 0.411 e. The topological polar surface area (TPSA) is 101 Å². The molecule has 1 aliphatic carbocycles. The van der Waals surface area contributed by atoms with Crippen LogP contribution in [0.5, 0.6) is 0 Å². The van der Waals surface area contributed by atoms with Gasteiger partial charge < -0.3 is 24.6 Å². The number of carboxylic acid groups (broad SMARTS) is 1. The Bertz CT molecular complexity index is 1710. The second-order valence-electron chi connectivity index (χ2n) is 11.5. The summed E-state index contributed by atoms with van der Waals surface area (Å²) >= 11 is 0. The summed E-state index contributed by atoms with van der Waals surface area (Å²) in [5, 5.41) is 12.1. The number of nitrogens with one attached hydrogen (secondary N) is 1. The van der Waals surface area contributed by atoms with E-state index in [0.717, 1.165) is 39.3 Å². The lowest BCUT2D eigenvalue weighted by Crippen LogP contribution is -2.53. The number of aromatic nitrogens is 1. The van der Waals surface area contributed by atoms with Crippen molar-refractivity contribution in [1.82, 2.24) is 9.88 Å². The van der Waals surface area contributed by atoms with Gasteiger partial charge in [0.25, 0.3) is 11.5 Å². The zero-order chi connectivity index (χ0) is 32.8. The van der Waals surface area contributed by atoms with E-state index in [-0.39, 0.29) is 25.1 Å². The molecule has 0 unspecified atom stereocenters. The molecule has 240 valence electrons. The number of carbonyl (C=O) groups excluding carboxylic acids is 1. The van der Waals surface area contributed by atoms with Crippen LogP contribution in [0.25, 0.3) is 11.1 Å². The zero-order valence-electron chi connectivity index (χ0n) is 24.9. The normalized spacial score (nSPS) is 17.2. The molecule has 1 aliphatic heterocycles. The second kappa shape index (κ2) is 12.3. The number of benzene rings is 2. The summed E-state index contributed by atoms with van der Waals surface area (Å²) in [5.41, 5.74) is 3.66. The molecule has 1 aromatic heterocycles. The maximum atomic E-state index is 15.1. The van der Waals surface area contributed by atoms with Gasteiger partial charge >= 0.3 is 12.1 Å². The fourth-order valence-electron chi connectivity index (χ4n) is 6.29. The van der Waals surface area contributed by atoms with Crippen LogP contribution in [0.2, 0.25) is 0 Å². The number of fused-ring (bicyclic) bond motifs is 1. The van der Waals surface area contributed by atoms with Crippen molar-refractivity contribution in [2.75, 3.05) is 24.7 Å². The number of hydrogen-bond acceptors (Lipinski definition) is 5. The summed E-state index contributed by atoms with van der Waals surface area (Å²) in [7, 11) is 1.69. The Morgan fingerprint density at radius 2 is 1.76 bits per heavy atom. The van der Waals surface area contributed by atoms with Crippen molar-refractivity contribution in [3.8, 4) is 11.1 Å². The molecule has 1 fully saturated rings. The molecule has 2 heterocycles. The third kappa shape index (κ3) is 6.18. The molecule has 5 rings (SSSR count). The number of ether oxygens (including phenoxy) is 1. The highest BCUT2D eigenvalue weighted by molar-refractivity contribution is 5.97. The van der Waals surface area contributed by atoms with Gasteiger partial charge in [0.05, 0.1) is 18.8 Å². The van der Waals surface area contributed by atoms with Gasteiger partial charge in [-0.25, -0.2) is 13.6 Å². The number of aliphatic carboxylic acids is 1. The van der Waals surface area contributed by atoms with E-state index in [9.17, 15) is 32.7 Å². The van der Waals surface area contributed by atoms with Gasteiger partial charge in [-0.2, -0.15) is 13.2 Å². The maximum Gasteiger partial charge on any atom is 0.411 e. The molecule has 0 bridgehead atoms. The fraction of sp³-hybridized carbons (Fsp3) is 0.406. The van der Waals surface area contributed by atoms with Crippen molar-refractivity contribution in [3.05, 3.63) is 85.8 Å². The molecule has 0 radical (unpaired) electrons. The third-order valence-electron chi connectivity index (χ3n) is 8.64. The van der Waals surface area contributed by atoms with Crippen molar-refractivity contribution < 1.29 is 41.4 Å². The van der Waals surface area contributed by atoms with E-state index in [1.165, 1.54) is 0 Å². The number of amides is 1. The summed E-state index contributed by atoms with van der Waals surface area (Å²) in [6, 6.07) is 2.93. The largest absolute Gasteiger partial charge is 0.480 e. The van der Waals surface area contributed by atoms with E-state index >= 15 is 8.78 Å². The molecule has 0 saturated carbocycles. The number of aryl methyl sites for hydroxylation is 2. The van der Waals surface area contributed by atoms with Crippen LogP contribution in [0, 0.1) is 25.5 Å². The number of pyridine rings is 1. The summed E-state index contributed by atoms with van der Waals surface area (Å²) in [6.45, 7) is 2.60. The predicted molar refractivity (Wildman–Crippen MR) is 156 cm³/mol. The van der Waals surface area contributed by atoms with Crippen molar-refractivity contribution >= 4 is 17.6 Å². The van der Waals surface area contributed by atoms with Crippen LogP contribution < -0.4 is 15.8 Å². The van der Waals surface area contributed by atoms with Gasteiger partial charge in [0, 0.05) is 31.4 Å². The Morgan fingerprint density at radius 3 is 2.40 bits per heavy atom. The van der Waals surface area contributed by atoms with E-state index in [4.69, 9.17) is 4.74 Å². The zero-order valence-corrected chi connectivity index (χ0v) is 24.9. The van der Waals surface area contributed by atoms with Gasteiger partial charge in [-0.05, 0) is 79.1 Å². The number of nitrogens with zero attached hydrogens (tertiary/aromatic N) is 2. The summed E-state index contributed by atoms with van der Waals surface area (Å²) < 4.78 is 77.2. The lowest BCUT2D eigenvalue weighted by Gasteiger charge is -2.38. The molecular weight excluding hydrogens is 601 g/mol. The molecule has 1 amide bonds. The number of alkyl halides is 3. The Labute approximate surface area is 255 Å². The molecule has 13 heteroatoms. The minimum Gasteiger partial charge on any atom is -0.480 e. The summed E-state index contributed by atoms with van der Waals surface area (Å²) in [5.74, 6) is -5.66. The van der Waals surface area contributed by atoms with Gasteiger partial charge in [0.2, 0.25) is 0 Å². The maximum absolute atomic E-state index is 15.1. The van der Waals surface area contributed by atoms with Gasteiger partial charge in [-0.1, -0.05) is 12.1 Å². The Hall–Kier alpha value is -4.26. The van der Waals surface area contributed by atoms with Crippen molar-refractivity contribution in [3.63, 3.8) is 0 Å². The van der Waals surface area contributed by atoms with Crippen molar-refractivity contribution in [2.24, 2.45) is 7.05 Å². The molecule has 8 nitrogen and oxygen atoms in total. The molecule has 0 spiro atoms. The van der Waals surface area contributed by atoms with E-state index in [2.05, 4.69) is 5.32 Å². The first kappa shape index (κ1) is 32.1. The summed E-state index contributed by atoms with van der Waals surface area (Å²) in [4.78, 5) is 39.1. The molecule has 1 saturated heterocycles. The lowest BCUT2D eigenvalue weighted by atomic mass is 9.90. The van der Waals surface area contributed by atoms with Crippen molar-refractivity contribution in [2.45, 2.75) is 57.8 Å². The monoisotopic (exact) mass is 633 g/mol. The molecule has 2 aliphatic rings. The van der Waals surface area contributed by atoms with Crippen LogP contribution in [0.4, 0.5) is 27.6 Å². The van der Waals surface area contributed by atoms with E-state index < -0.39 is 59.6 Å². The number of anilines is 1. The minimum absolute atomic E-state index is 0.0929. The molecule has 2 atom stereocenters. The standard InChI is InChI=1S/C32H32F5N3O5/c1-16-11-17(2)39(3)30(42)27(16)22-8-7-18(20-5-4-6-21(20)22)12-25(31(43)44)38-29(41)28-23(33)13-19(14-24(28)34)40-9-10-45-15-26(40)32(35,36)37/h7-8,11,13-14,25-26H,4-6,9-10,12,15H2,1-3H3,(H,38,41)(H,43,44)/t25-,26+/m0/s1. The predicted octanol–water partition coefficient (Wildman–Crippen LogP) is 4.63. The van der Waals surface area contributed by atoms with E-state index in [1.807, 2.05) is 19.9 Å². The SMILES string of the molecule is Cc1cc(C)n(C)c(=O)c1-c1ccc(C[C@H](NC(=O)c2c(F)cc(N3CCOC[C@@H]3C(F)(F)F)cc2F)C(=O)O)c2c1CCC2. The Morgan fingerprint density at radius 1 is 1.09 bits per heavy atom. The molecule has 45 heavy (non-hydrogen) atoms. The first-order chi connectivity index (χ1) is 21.2. The average molecular weight is 634 g/mol. The second-order valence-corrected chi connectivity index (χ2v) is 11.5. The van der Waals surface area contributed by atoms with Crippen LogP contribution in [-0.2, 0) is 35.8 Å². The molecule has 3 aromatic rings. The third-order valence-corrected chi connectivity index (χ3v) is 8.64. The highest BCUT2D eigenvalue weighted by Gasteiger charge is 2.46. The van der Waals surface area contributed by atoms with Gasteiger partial charge in [0.15, 0.2) is 0 Å². The van der Waals surface area contributed by atoms with Crippen molar-refractivity contribution in [1.29, 1.82) is 0 Å². The van der Waals surface area contributed by atoms with E-state index in [0.29, 0.717) is 36.1 Å². The van der Waals surface area contributed by atoms with Crippen LogP contribution in [-0.4, -0.2) is 59.6 Å². The van der Waals surface area contributed by atoms with Crippen LogP contribution in [0.3, 0.4) is 0 Å². The first-order valence-corrected chi connectivity index (χ1v) is 14.4. The minimum atomic E-state index is -4.73.